The molecule has 0 bridgehead atoms. The highest BCUT2D eigenvalue weighted by Crippen LogP contribution is 2.42. The molecule has 1 heterocycles. The van der Waals surface area contributed by atoms with Crippen LogP contribution in [0.5, 0.6) is 0 Å². The molecule has 7 aromatic rings. The number of alkyl halides is 24. The lowest BCUT2D eigenvalue weighted by atomic mass is 9.12. The van der Waals surface area contributed by atoms with Crippen molar-refractivity contribution in [2.75, 3.05) is 0 Å². The van der Waals surface area contributed by atoms with E-state index >= 15 is 0 Å². The first-order valence-electron chi connectivity index (χ1n) is 29.6. The van der Waals surface area contributed by atoms with Crippen LogP contribution in [0.15, 0.2) is 146 Å². The summed E-state index contributed by atoms with van der Waals surface area (Å²) >= 11 is 0. The Morgan fingerprint density at radius 2 is 0.638 bits per heavy atom. The molecule has 94 heavy (non-hydrogen) atoms. The lowest BCUT2D eigenvalue weighted by Crippen LogP contribution is -2.75. The molecule has 0 spiro atoms. The number of allylic oxidation sites excluding steroid dienone is 1. The van der Waals surface area contributed by atoms with Crippen molar-refractivity contribution in [2.45, 2.75) is 159 Å². The lowest BCUT2D eigenvalue weighted by molar-refractivity contribution is -0.658. The van der Waals surface area contributed by atoms with Gasteiger partial charge in [0.2, 0.25) is 23.5 Å². The molecule has 2 nitrogen and oxygen atoms in total. The van der Waals surface area contributed by atoms with Crippen molar-refractivity contribution in [3.63, 3.8) is 0 Å². The van der Waals surface area contributed by atoms with Crippen LogP contribution in [0.1, 0.15) is 164 Å². The monoisotopic (exact) mass is 1360 g/mol. The minimum atomic E-state index is -6.13. The second-order valence-corrected chi connectivity index (χ2v) is 22.7. The van der Waals surface area contributed by atoms with E-state index in [1.165, 1.54) is 89.9 Å². The van der Waals surface area contributed by atoms with Crippen LogP contribution >= 0.6 is 0 Å². The Balaban J connectivity index is 0.000000326. The minimum Gasteiger partial charge on any atom is -0.287 e. The van der Waals surface area contributed by atoms with E-state index in [1.54, 1.807) is 0 Å². The Bertz CT molecular complexity index is 3240. The van der Waals surface area contributed by atoms with Gasteiger partial charge in [-0.3, -0.25) is 4.79 Å². The first-order chi connectivity index (χ1) is 43.6. The highest BCUT2D eigenvalue weighted by molar-refractivity contribution is 7.20. The number of ketones is 1. The van der Waals surface area contributed by atoms with Crippen LogP contribution in [0.2, 0.25) is 0 Å². The number of hydrogen-bond donors (Lipinski definition) is 0. The number of carbonyl (C=O) groups is 1. The van der Waals surface area contributed by atoms with Crippen LogP contribution in [0, 0.1) is 0 Å². The Morgan fingerprint density at radius 1 is 0.351 bits per heavy atom. The second-order valence-electron chi connectivity index (χ2n) is 22.7. The van der Waals surface area contributed by atoms with Crippen molar-refractivity contribution in [2.24, 2.45) is 0 Å². The number of aromatic nitrogens is 1. The Labute approximate surface area is 524 Å². The third kappa shape index (κ3) is 20.3. The largest absolute Gasteiger partial charge is 0.416 e. The molecular formula is C67H60BF24NO. The van der Waals surface area contributed by atoms with Gasteiger partial charge in [-0.1, -0.05) is 187 Å². The SMILES string of the molecule is CCCCCCCCCCCCCCCCC=Cc1ccc2ccccc2[n+]1CC(=O)c1ccccc1.FC(F)(F)c1cc([B-](c2cc(C(F)(F)F)cc(C(F)(F)F)c2)(c2cc(C(F)(F)F)cc(C(F)(F)F)c2)c2cc(C(F)(F)F)cc(C(F)(F)F)c2)cc(C(F)(F)F)c1. The van der Waals surface area contributed by atoms with Gasteiger partial charge in [0.1, 0.15) is 6.15 Å². The molecule has 0 aliphatic rings. The zero-order valence-electron chi connectivity index (χ0n) is 49.8. The maximum Gasteiger partial charge on any atom is 0.416 e. The van der Waals surface area contributed by atoms with E-state index in [1.807, 2.05) is 36.4 Å². The molecule has 0 radical (unpaired) electrons. The topological polar surface area (TPSA) is 20.9 Å². The summed E-state index contributed by atoms with van der Waals surface area (Å²) in [4.78, 5) is 13.0. The van der Waals surface area contributed by atoms with Gasteiger partial charge in [0, 0.05) is 29.2 Å². The predicted octanol–water partition coefficient (Wildman–Crippen LogP) is 21.1. The second kappa shape index (κ2) is 30.5. The van der Waals surface area contributed by atoms with Gasteiger partial charge < -0.3 is 0 Å². The zero-order valence-corrected chi connectivity index (χ0v) is 49.8. The number of unbranched alkanes of at least 4 members (excludes halogenated alkanes) is 14. The van der Waals surface area contributed by atoms with Crippen LogP contribution in [0.25, 0.3) is 17.0 Å². The number of nitrogens with zero attached hydrogens (tertiary/aromatic N) is 1. The van der Waals surface area contributed by atoms with Gasteiger partial charge in [0.05, 0.1) is 44.5 Å². The van der Waals surface area contributed by atoms with Crippen LogP contribution in [0.4, 0.5) is 105 Å². The van der Waals surface area contributed by atoms with E-state index in [0.717, 1.165) is 28.6 Å². The molecular weight excluding hydrogens is 1300 g/mol. The number of para-hydroxylation sites is 1. The fraction of sp³-hybridized carbons (Fsp3) is 0.373. The highest BCUT2D eigenvalue weighted by atomic mass is 19.4. The first-order valence-corrected chi connectivity index (χ1v) is 29.6. The molecule has 510 valence electrons. The standard InChI is InChI=1S/C35H48NO.C32H12BF24/c1-2-3-4-5-6-7-8-9-10-11-12-13-14-15-16-20-26-33-29-28-31-23-21-22-27-34(31)36(33)30-35(37)32-24-18-17-19-25-32;34-25(35,36)13-1-14(26(37,38)39)6-21(5-13)33(22-7-15(27(40,41)42)2-16(8-22)28(43,44)45,23-9-17(29(46,47)48)3-18(10-23)30(49,50)51)24-11-19(31(52,53)54)4-20(12-24)32(55,56)57/h17-29H,2-16,30H2,1H3;1-12H/q+1;-1. The van der Waals surface area contributed by atoms with Crippen molar-refractivity contribution in [1.29, 1.82) is 0 Å². The molecule has 0 saturated carbocycles. The molecule has 6 aromatic carbocycles. The molecule has 0 amide bonds. The van der Waals surface area contributed by atoms with Gasteiger partial charge in [-0.2, -0.15) is 132 Å². The molecule has 0 aliphatic carbocycles. The normalized spacial score (nSPS) is 13.2. The molecule has 0 saturated heterocycles. The van der Waals surface area contributed by atoms with E-state index in [9.17, 15) is 110 Å². The molecule has 0 aliphatic heterocycles. The van der Waals surface area contributed by atoms with E-state index in [0.29, 0.717) is 6.54 Å². The van der Waals surface area contributed by atoms with Crippen LogP contribution in [-0.4, -0.2) is 11.9 Å². The summed E-state index contributed by atoms with van der Waals surface area (Å²) in [6.45, 7) is 2.64. The van der Waals surface area contributed by atoms with Gasteiger partial charge in [0.25, 0.3) is 0 Å². The third-order valence-corrected chi connectivity index (χ3v) is 15.8. The lowest BCUT2D eigenvalue weighted by Gasteiger charge is -2.46. The van der Waals surface area contributed by atoms with Crippen molar-refractivity contribution in [3.05, 3.63) is 201 Å². The molecule has 0 N–H and O–H groups in total. The van der Waals surface area contributed by atoms with E-state index in [2.05, 4.69) is 54.0 Å². The van der Waals surface area contributed by atoms with Crippen molar-refractivity contribution in [1.82, 2.24) is 0 Å². The Kier molecular flexibility index (Phi) is 24.5. The number of benzene rings is 6. The summed E-state index contributed by atoms with van der Waals surface area (Å²) in [6, 6.07) is 13.4. The molecule has 0 fully saturated rings. The Hall–Kier alpha value is -7.48. The number of halogens is 24. The molecule has 0 unspecified atom stereocenters. The summed E-state index contributed by atoms with van der Waals surface area (Å²) < 4.78 is 343. The quantitative estimate of drug-likeness (QED) is 0.0206. The molecule has 7 rings (SSSR count). The first kappa shape index (κ1) is 75.6. The average Bonchev–Trinajstić information content (AvgIpc) is 0.709. The highest BCUT2D eigenvalue weighted by Gasteiger charge is 2.47. The van der Waals surface area contributed by atoms with Gasteiger partial charge in [-0.25, -0.2) is 0 Å². The van der Waals surface area contributed by atoms with Gasteiger partial charge in [-0.15, -0.1) is 0 Å². The smallest absolute Gasteiger partial charge is 0.287 e. The molecule has 0 atom stereocenters. The van der Waals surface area contributed by atoms with Crippen LogP contribution in [0.3, 0.4) is 0 Å². The summed E-state index contributed by atoms with van der Waals surface area (Å²) in [6.07, 6.45) is -29.8. The van der Waals surface area contributed by atoms with Gasteiger partial charge >= 0.3 is 49.4 Å². The summed E-state index contributed by atoms with van der Waals surface area (Å²) in [5, 5.41) is 1.16. The van der Waals surface area contributed by atoms with Gasteiger partial charge in [-0.05, 0) is 49.2 Å². The van der Waals surface area contributed by atoms with Gasteiger partial charge in [0.15, 0.2) is 0 Å². The number of hydrogen-bond acceptors (Lipinski definition) is 1. The summed E-state index contributed by atoms with van der Waals surface area (Å²) in [7, 11) is 0. The van der Waals surface area contributed by atoms with Crippen LogP contribution < -0.4 is 26.4 Å². The summed E-state index contributed by atoms with van der Waals surface area (Å²) in [5.41, 5.74) is -27.2. The number of Topliss-reactive ketones (excluding diaryl/α,β-unsaturated/α-hetero) is 1. The maximum absolute atomic E-state index is 14.2. The van der Waals surface area contributed by atoms with E-state index in [-0.39, 0.29) is 5.78 Å². The number of fused-ring (bicyclic) bond motifs is 1. The maximum atomic E-state index is 14.2. The Morgan fingerprint density at radius 3 is 0.947 bits per heavy atom. The average molecular weight is 1360 g/mol. The fourth-order valence-corrected chi connectivity index (χ4v) is 11.2. The number of rotatable bonds is 23. The fourth-order valence-electron chi connectivity index (χ4n) is 11.2. The third-order valence-electron chi connectivity index (χ3n) is 15.8. The molecule has 27 heteroatoms. The van der Waals surface area contributed by atoms with E-state index < -0.39 is 195 Å². The van der Waals surface area contributed by atoms with E-state index in [4.69, 9.17) is 0 Å². The zero-order chi connectivity index (χ0) is 69.9. The number of carbonyl (C=O) groups excluding carboxylic acids is 1. The minimum absolute atomic E-state index is 0.142. The van der Waals surface area contributed by atoms with Crippen molar-refractivity contribution in [3.8, 4) is 0 Å². The number of pyridine rings is 1. The van der Waals surface area contributed by atoms with Crippen LogP contribution in [-0.2, 0) is 56.0 Å². The predicted molar refractivity (Wildman–Crippen MR) is 309 cm³/mol. The summed E-state index contributed by atoms with van der Waals surface area (Å²) in [5.74, 6) is 0.142. The van der Waals surface area contributed by atoms with Crippen molar-refractivity contribution >= 4 is 50.8 Å². The molecule has 1 aromatic heterocycles. The van der Waals surface area contributed by atoms with Crippen molar-refractivity contribution < 1.29 is 115 Å².